The monoisotopic (exact) mass is 900 g/mol. The highest BCUT2D eigenvalue weighted by Gasteiger charge is 2.19. The van der Waals surface area contributed by atoms with Crippen molar-refractivity contribution in [3.63, 3.8) is 0 Å². The summed E-state index contributed by atoms with van der Waals surface area (Å²) in [5.74, 6) is 0. The Morgan fingerprint density at radius 1 is 0.464 bits per heavy atom. The second kappa shape index (κ2) is 21.1. The summed E-state index contributed by atoms with van der Waals surface area (Å²) < 4.78 is 0. The van der Waals surface area contributed by atoms with Crippen LogP contribution < -0.4 is 0 Å². The lowest BCUT2D eigenvalue weighted by molar-refractivity contribution is 1.07. The van der Waals surface area contributed by atoms with E-state index in [9.17, 15) is 0 Å². The second-order valence-electron chi connectivity index (χ2n) is 17.2. The van der Waals surface area contributed by atoms with Crippen LogP contribution in [0.5, 0.6) is 0 Å². The molecule has 1 heterocycles. The second-order valence-corrected chi connectivity index (χ2v) is 18.3. The van der Waals surface area contributed by atoms with Crippen molar-refractivity contribution in [3.8, 4) is 32.7 Å². The summed E-state index contributed by atoms with van der Waals surface area (Å²) in [5.41, 5.74) is 20.2. The molecule has 0 saturated carbocycles. The molecule has 0 unspecified atom stereocenters. The molecule has 69 heavy (non-hydrogen) atoms. The normalized spacial score (nSPS) is 11.0. The highest BCUT2D eigenvalue weighted by Crippen LogP contribution is 2.46. The number of benzene rings is 9. The molecule has 1 aromatic heterocycles. The molecule has 0 amide bonds. The van der Waals surface area contributed by atoms with Gasteiger partial charge in [0.15, 0.2) is 0 Å². The van der Waals surface area contributed by atoms with Gasteiger partial charge in [0.2, 0.25) is 0 Å². The molecular formula is C68H52S. The summed E-state index contributed by atoms with van der Waals surface area (Å²) in [6.45, 7) is 6.00. The Balaban J connectivity index is 1.13. The van der Waals surface area contributed by atoms with Gasteiger partial charge >= 0.3 is 0 Å². The van der Waals surface area contributed by atoms with E-state index in [4.69, 9.17) is 0 Å². The molecule has 0 aliphatic heterocycles. The minimum absolute atomic E-state index is 0.920. The van der Waals surface area contributed by atoms with E-state index in [1.54, 1.807) is 0 Å². The molecule has 0 atom stereocenters. The van der Waals surface area contributed by atoms with Gasteiger partial charge in [0.05, 0.1) is 0 Å². The van der Waals surface area contributed by atoms with Gasteiger partial charge in [-0.1, -0.05) is 231 Å². The Kier molecular flexibility index (Phi) is 13.6. The SMILES string of the molecule is C=CC=C=C(CC/C=C\C)c1ccc(-c2ccc3c(-c4ccc(C=C(c5ccccc5)c5ccccc5)cc4)c4ccccc4c(-c4ccc(C=C(c5ccccc5)c5ccccc5)cc4)c3c2)s1. The third-order valence-corrected chi connectivity index (χ3v) is 13.9. The summed E-state index contributed by atoms with van der Waals surface area (Å²) in [5, 5.41) is 4.91. The number of fused-ring (bicyclic) bond motifs is 2. The molecule has 0 N–H and O–H groups in total. The zero-order chi connectivity index (χ0) is 46.8. The maximum Gasteiger partial charge on any atom is 0.0386 e. The van der Waals surface area contributed by atoms with Crippen molar-refractivity contribution in [2.45, 2.75) is 19.8 Å². The van der Waals surface area contributed by atoms with Crippen molar-refractivity contribution in [2.24, 2.45) is 0 Å². The van der Waals surface area contributed by atoms with E-state index in [1.807, 2.05) is 23.5 Å². The van der Waals surface area contributed by atoms with E-state index in [-0.39, 0.29) is 0 Å². The van der Waals surface area contributed by atoms with E-state index >= 15 is 0 Å². The standard InChI is InChI=1S/C68H52S/c1-3-5-11-31-55(22-6-4-2)65-44-45-66(69-65)58-42-43-61-64(48-58)68(57-40-36-50(37-41-57)47-63(53-27-16-9-17-28-53)54-29-18-10-19-30-54)60-33-21-20-32-59(60)67(61)56-38-34-49(35-39-56)46-62(51-23-12-7-13-24-51)52-25-14-8-15-26-52/h3-10,12-21,23-30,32-48H,2,11,31H2,1H3/b5-3-. The highest BCUT2D eigenvalue weighted by molar-refractivity contribution is 7.16. The largest absolute Gasteiger partial charge is 0.135 e. The average molecular weight is 901 g/mol. The quantitative estimate of drug-likeness (QED) is 0.0335. The van der Waals surface area contributed by atoms with Crippen LogP contribution in [0.25, 0.3) is 83.1 Å². The van der Waals surface area contributed by atoms with Gasteiger partial charge in [-0.3, -0.25) is 0 Å². The van der Waals surface area contributed by atoms with Crippen molar-refractivity contribution in [3.05, 3.63) is 299 Å². The maximum atomic E-state index is 3.92. The average Bonchev–Trinajstić information content (AvgIpc) is 3.91. The summed E-state index contributed by atoms with van der Waals surface area (Å²) >= 11 is 1.83. The molecule has 10 rings (SSSR count). The van der Waals surface area contributed by atoms with Crippen molar-refractivity contribution >= 4 is 61.8 Å². The van der Waals surface area contributed by atoms with E-state index in [1.165, 1.54) is 98.1 Å². The summed E-state index contributed by atoms with van der Waals surface area (Å²) in [6, 6.07) is 81.6. The number of hydrogen-bond acceptors (Lipinski definition) is 1. The van der Waals surface area contributed by atoms with E-state index in [0.29, 0.717) is 0 Å². The van der Waals surface area contributed by atoms with Crippen LogP contribution in [0.1, 0.15) is 58.0 Å². The molecular weight excluding hydrogens is 849 g/mol. The van der Waals surface area contributed by atoms with Crippen LogP contribution in [0.3, 0.4) is 0 Å². The zero-order valence-electron chi connectivity index (χ0n) is 38.9. The summed E-state index contributed by atoms with van der Waals surface area (Å²) in [7, 11) is 0. The maximum absolute atomic E-state index is 3.92. The summed E-state index contributed by atoms with van der Waals surface area (Å²) in [6.07, 6.45) is 14.6. The predicted octanol–water partition coefficient (Wildman–Crippen LogP) is 19.3. The molecule has 0 aliphatic carbocycles. The van der Waals surface area contributed by atoms with Gasteiger partial charge in [-0.05, 0) is 150 Å². The lowest BCUT2D eigenvalue weighted by Crippen LogP contribution is -1.92. The van der Waals surface area contributed by atoms with E-state index in [0.717, 1.165) is 24.0 Å². The van der Waals surface area contributed by atoms with Crippen LogP contribution in [0, 0.1) is 0 Å². The number of rotatable bonds is 14. The van der Waals surface area contributed by atoms with Crippen LogP contribution in [0.4, 0.5) is 0 Å². The highest BCUT2D eigenvalue weighted by atomic mass is 32.1. The topological polar surface area (TPSA) is 0 Å². The first kappa shape index (κ1) is 44.5. The van der Waals surface area contributed by atoms with Gasteiger partial charge in [0.1, 0.15) is 0 Å². The number of hydrogen-bond donors (Lipinski definition) is 0. The van der Waals surface area contributed by atoms with E-state index in [2.05, 4.69) is 268 Å². The van der Waals surface area contributed by atoms with Crippen LogP contribution in [-0.2, 0) is 0 Å². The third kappa shape index (κ3) is 9.89. The fourth-order valence-corrected chi connectivity index (χ4v) is 10.4. The first-order valence-corrected chi connectivity index (χ1v) is 24.6. The minimum Gasteiger partial charge on any atom is -0.135 e. The van der Waals surface area contributed by atoms with Gasteiger partial charge in [0, 0.05) is 15.3 Å². The van der Waals surface area contributed by atoms with Crippen molar-refractivity contribution in [1.29, 1.82) is 0 Å². The Morgan fingerprint density at radius 2 is 0.899 bits per heavy atom. The molecule has 0 fully saturated rings. The smallest absolute Gasteiger partial charge is 0.0386 e. The molecule has 0 saturated heterocycles. The molecule has 0 aliphatic rings. The van der Waals surface area contributed by atoms with Gasteiger partial charge in [-0.15, -0.1) is 17.1 Å². The Hall–Kier alpha value is -8.32. The van der Waals surface area contributed by atoms with E-state index < -0.39 is 0 Å². The van der Waals surface area contributed by atoms with Crippen LogP contribution in [0.15, 0.2) is 261 Å². The molecule has 330 valence electrons. The first-order chi connectivity index (χ1) is 34.1. The number of allylic oxidation sites excluding steroid dienone is 4. The minimum atomic E-state index is 0.920. The molecule has 9 aromatic carbocycles. The van der Waals surface area contributed by atoms with Gasteiger partial charge in [-0.25, -0.2) is 0 Å². The first-order valence-electron chi connectivity index (χ1n) is 23.8. The molecule has 0 radical (unpaired) electrons. The summed E-state index contributed by atoms with van der Waals surface area (Å²) in [4.78, 5) is 2.47. The lowest BCUT2D eigenvalue weighted by atomic mass is 9.85. The van der Waals surface area contributed by atoms with Gasteiger partial charge in [0.25, 0.3) is 0 Å². The Labute approximate surface area is 411 Å². The van der Waals surface area contributed by atoms with Gasteiger partial charge in [-0.2, -0.15) is 0 Å². The lowest BCUT2D eigenvalue weighted by Gasteiger charge is -2.19. The number of thiophene rings is 1. The Bertz CT molecular complexity index is 3460. The Morgan fingerprint density at radius 3 is 1.36 bits per heavy atom. The van der Waals surface area contributed by atoms with Crippen LogP contribution >= 0.6 is 11.3 Å². The fourth-order valence-electron chi connectivity index (χ4n) is 9.39. The fraction of sp³-hybridized carbons (Fsp3) is 0.0441. The predicted molar refractivity (Wildman–Crippen MR) is 301 cm³/mol. The molecule has 10 aromatic rings. The molecule has 0 nitrogen and oxygen atoms in total. The molecule has 0 spiro atoms. The third-order valence-electron chi connectivity index (χ3n) is 12.7. The zero-order valence-corrected chi connectivity index (χ0v) is 39.7. The van der Waals surface area contributed by atoms with Crippen molar-refractivity contribution in [1.82, 2.24) is 0 Å². The molecule has 1 heteroatoms. The van der Waals surface area contributed by atoms with Crippen LogP contribution in [-0.4, -0.2) is 0 Å². The van der Waals surface area contributed by atoms with Crippen molar-refractivity contribution in [2.75, 3.05) is 0 Å². The molecule has 0 bridgehead atoms. The van der Waals surface area contributed by atoms with Gasteiger partial charge < -0.3 is 0 Å². The van der Waals surface area contributed by atoms with Crippen molar-refractivity contribution < 1.29 is 0 Å². The van der Waals surface area contributed by atoms with Crippen LogP contribution in [0.2, 0.25) is 0 Å².